The zero-order chi connectivity index (χ0) is 16.9. The largest absolute Gasteiger partial charge is 0.338 e. The summed E-state index contributed by atoms with van der Waals surface area (Å²) in [6.07, 6.45) is 1.75. The van der Waals surface area contributed by atoms with Crippen molar-refractivity contribution >= 4 is 21.6 Å². The van der Waals surface area contributed by atoms with Gasteiger partial charge in [0.05, 0.1) is 23.8 Å². The maximum Gasteiger partial charge on any atom is 0.289 e. The van der Waals surface area contributed by atoms with Crippen molar-refractivity contribution in [3.05, 3.63) is 23.8 Å². The van der Waals surface area contributed by atoms with E-state index in [0.29, 0.717) is 37.6 Å². The number of fused-ring (bicyclic) bond motifs is 2. The highest BCUT2D eigenvalue weighted by atomic mass is 32.2. The van der Waals surface area contributed by atoms with Crippen molar-refractivity contribution < 1.29 is 22.7 Å². The number of sulfonamides is 1. The van der Waals surface area contributed by atoms with Crippen LogP contribution in [0.3, 0.4) is 0 Å². The van der Waals surface area contributed by atoms with E-state index >= 15 is 0 Å². The number of hydrogen-bond acceptors (Lipinski definition) is 5. The van der Waals surface area contributed by atoms with E-state index in [2.05, 4.69) is 5.32 Å². The first kappa shape index (κ1) is 16.0. The highest BCUT2D eigenvalue weighted by Gasteiger charge is 2.52. The summed E-state index contributed by atoms with van der Waals surface area (Å²) in [5, 5.41) is 2.72. The van der Waals surface area contributed by atoms with Gasteiger partial charge in [0.1, 0.15) is 0 Å². The highest BCUT2D eigenvalue weighted by molar-refractivity contribution is 7.89. The topological polar surface area (TPSA) is 84.9 Å². The minimum atomic E-state index is -3.56. The number of ether oxygens (including phenoxy) is 2. The Kier molecular flexibility index (Phi) is 3.68. The van der Waals surface area contributed by atoms with Gasteiger partial charge in [-0.2, -0.15) is 4.31 Å². The number of amides is 1. The van der Waals surface area contributed by atoms with Gasteiger partial charge >= 0.3 is 0 Å². The average molecular weight is 352 g/mol. The Morgan fingerprint density at radius 2 is 1.88 bits per heavy atom. The molecule has 0 atom stereocenters. The Bertz CT molecular complexity index is 778. The number of benzene rings is 1. The van der Waals surface area contributed by atoms with Gasteiger partial charge in [-0.15, -0.1) is 0 Å². The van der Waals surface area contributed by atoms with Crippen LogP contribution in [0.25, 0.3) is 0 Å². The molecule has 3 aliphatic rings. The molecule has 0 unspecified atom stereocenters. The average Bonchev–Trinajstić information content (AvgIpc) is 3.18. The van der Waals surface area contributed by atoms with Crippen molar-refractivity contribution in [1.82, 2.24) is 4.31 Å². The van der Waals surface area contributed by atoms with Gasteiger partial charge in [-0.05, 0) is 31.0 Å². The predicted octanol–water partition coefficient (Wildman–Crippen LogP) is 1.26. The van der Waals surface area contributed by atoms with E-state index in [1.807, 2.05) is 6.92 Å². The molecule has 1 spiro atoms. The maximum absolute atomic E-state index is 12.8. The third-order valence-corrected chi connectivity index (χ3v) is 6.63. The molecule has 3 aliphatic heterocycles. The fourth-order valence-corrected chi connectivity index (χ4v) is 4.91. The van der Waals surface area contributed by atoms with Crippen LogP contribution in [-0.2, 0) is 30.1 Å². The molecule has 130 valence electrons. The minimum absolute atomic E-state index is 0.171. The number of nitrogens with zero attached hydrogens (tertiary/aromatic N) is 1. The fraction of sp³-hybridized carbons (Fsp3) is 0.562. The van der Waals surface area contributed by atoms with Crippen LogP contribution in [0, 0.1) is 5.92 Å². The smallest absolute Gasteiger partial charge is 0.289 e. The molecule has 2 fully saturated rings. The van der Waals surface area contributed by atoms with Gasteiger partial charge in [-0.25, -0.2) is 8.42 Å². The molecule has 7 nitrogen and oxygen atoms in total. The predicted molar refractivity (Wildman–Crippen MR) is 85.8 cm³/mol. The van der Waals surface area contributed by atoms with Gasteiger partial charge in [0, 0.05) is 24.6 Å². The Balaban J connectivity index is 1.75. The van der Waals surface area contributed by atoms with Crippen LogP contribution in [0.1, 0.15) is 25.3 Å². The normalized spacial score (nSPS) is 30.5. The van der Waals surface area contributed by atoms with Gasteiger partial charge in [-0.3, -0.25) is 4.79 Å². The quantitative estimate of drug-likeness (QED) is 0.866. The van der Waals surface area contributed by atoms with Crippen LogP contribution >= 0.6 is 0 Å². The van der Waals surface area contributed by atoms with Crippen LogP contribution in [0.2, 0.25) is 0 Å². The van der Waals surface area contributed by atoms with Crippen molar-refractivity contribution in [3.8, 4) is 0 Å². The van der Waals surface area contributed by atoms with E-state index in [0.717, 1.165) is 12.8 Å². The summed E-state index contributed by atoms with van der Waals surface area (Å²) in [5.41, 5.74) is 0.981. The van der Waals surface area contributed by atoms with Gasteiger partial charge in [0.25, 0.3) is 11.7 Å². The van der Waals surface area contributed by atoms with Crippen molar-refractivity contribution in [2.75, 3.05) is 31.6 Å². The number of carbonyl (C=O) groups excluding carboxylic acids is 1. The summed E-state index contributed by atoms with van der Waals surface area (Å²) in [4.78, 5) is 12.6. The van der Waals surface area contributed by atoms with Crippen molar-refractivity contribution in [2.45, 2.75) is 30.4 Å². The van der Waals surface area contributed by atoms with E-state index in [-0.39, 0.29) is 10.8 Å². The number of hydrogen-bond donors (Lipinski definition) is 1. The van der Waals surface area contributed by atoms with Crippen LogP contribution in [0.4, 0.5) is 5.69 Å². The first-order valence-corrected chi connectivity index (χ1v) is 9.61. The minimum Gasteiger partial charge on any atom is -0.338 e. The maximum atomic E-state index is 12.8. The molecular weight excluding hydrogens is 332 g/mol. The second kappa shape index (κ2) is 5.52. The van der Waals surface area contributed by atoms with Crippen LogP contribution in [-0.4, -0.2) is 44.9 Å². The Morgan fingerprint density at radius 1 is 1.21 bits per heavy atom. The zero-order valence-corrected chi connectivity index (χ0v) is 14.3. The molecule has 8 heteroatoms. The molecule has 1 amide bonds. The molecule has 24 heavy (non-hydrogen) atoms. The molecule has 0 radical (unpaired) electrons. The molecule has 0 aromatic heterocycles. The van der Waals surface area contributed by atoms with E-state index in [4.69, 9.17) is 9.47 Å². The molecular formula is C16H20N2O5S. The summed E-state index contributed by atoms with van der Waals surface area (Å²) >= 11 is 0. The Morgan fingerprint density at radius 3 is 2.54 bits per heavy atom. The summed E-state index contributed by atoms with van der Waals surface area (Å²) in [6, 6.07) is 4.64. The van der Waals surface area contributed by atoms with Crippen molar-refractivity contribution in [2.24, 2.45) is 5.92 Å². The fourth-order valence-electron chi connectivity index (χ4n) is 3.37. The van der Waals surface area contributed by atoms with Gasteiger partial charge in [0.15, 0.2) is 0 Å². The number of nitrogens with one attached hydrogen (secondary N) is 1. The number of anilines is 1. The first-order valence-electron chi connectivity index (χ1n) is 8.17. The summed E-state index contributed by atoms with van der Waals surface area (Å²) in [6.45, 7) is 3.80. The molecule has 1 N–H and O–H groups in total. The van der Waals surface area contributed by atoms with Crippen LogP contribution < -0.4 is 5.32 Å². The van der Waals surface area contributed by atoms with E-state index in [9.17, 15) is 13.2 Å². The van der Waals surface area contributed by atoms with Crippen molar-refractivity contribution in [3.63, 3.8) is 0 Å². The molecule has 0 saturated carbocycles. The molecule has 0 aliphatic carbocycles. The first-order chi connectivity index (χ1) is 11.4. The van der Waals surface area contributed by atoms with Crippen LogP contribution in [0.15, 0.2) is 23.1 Å². The Labute approximate surface area is 141 Å². The van der Waals surface area contributed by atoms with Crippen LogP contribution in [0.5, 0.6) is 0 Å². The number of carbonyl (C=O) groups is 1. The highest BCUT2D eigenvalue weighted by Crippen LogP contribution is 2.43. The number of rotatable bonds is 2. The Hall–Kier alpha value is -1.48. The van der Waals surface area contributed by atoms with Gasteiger partial charge in [0.2, 0.25) is 10.0 Å². The second-order valence-corrected chi connectivity index (χ2v) is 8.55. The summed E-state index contributed by atoms with van der Waals surface area (Å²) in [5.74, 6) is -1.75. The van der Waals surface area contributed by atoms with Gasteiger partial charge in [-0.1, -0.05) is 6.92 Å². The van der Waals surface area contributed by atoms with Gasteiger partial charge < -0.3 is 14.8 Å². The molecule has 3 heterocycles. The third-order valence-electron chi connectivity index (χ3n) is 4.74. The van der Waals surface area contributed by atoms with E-state index in [1.54, 1.807) is 6.07 Å². The standard InChI is InChI=1S/C16H20N2O5S/c1-11-9-22-16(23-10-11)13-8-12(4-5-14(13)17-15(16)19)24(20,21)18-6-2-3-7-18/h4-5,8,11H,2-3,6-7,9-10H2,1H3,(H,17,19). The lowest BCUT2D eigenvalue weighted by molar-refractivity contribution is -0.268. The zero-order valence-electron chi connectivity index (χ0n) is 13.4. The SMILES string of the molecule is CC1COC2(OC1)C(=O)Nc1ccc(S(=O)(=O)N3CCCC3)cc12. The van der Waals surface area contributed by atoms with Crippen molar-refractivity contribution in [1.29, 1.82) is 0 Å². The monoisotopic (exact) mass is 352 g/mol. The lowest BCUT2D eigenvalue weighted by Crippen LogP contribution is -2.46. The molecule has 0 bridgehead atoms. The lowest BCUT2D eigenvalue weighted by Gasteiger charge is -2.34. The molecule has 1 aromatic rings. The van der Waals surface area contributed by atoms with E-state index in [1.165, 1.54) is 16.4 Å². The molecule has 4 rings (SSSR count). The third kappa shape index (κ3) is 2.28. The summed E-state index contributed by atoms with van der Waals surface area (Å²) in [7, 11) is -3.56. The lowest BCUT2D eigenvalue weighted by atomic mass is 10.0. The summed E-state index contributed by atoms with van der Waals surface area (Å²) < 4.78 is 38.5. The second-order valence-electron chi connectivity index (χ2n) is 6.62. The molecule has 2 saturated heterocycles. The molecule has 1 aromatic carbocycles. The van der Waals surface area contributed by atoms with E-state index < -0.39 is 21.7 Å².